The highest BCUT2D eigenvalue weighted by Gasteiger charge is 2.44. The van der Waals surface area contributed by atoms with Gasteiger partial charge in [0.1, 0.15) is 5.58 Å². The first kappa shape index (κ1) is 19.5. The first-order valence-corrected chi connectivity index (χ1v) is 10.3. The lowest BCUT2D eigenvalue weighted by molar-refractivity contribution is 0.0969. The molecular weight excluding hydrogens is 414 g/mol. The van der Waals surface area contributed by atoms with Crippen molar-refractivity contribution in [2.24, 2.45) is 0 Å². The van der Waals surface area contributed by atoms with Gasteiger partial charge in [0.2, 0.25) is 11.7 Å². The van der Waals surface area contributed by atoms with E-state index < -0.39 is 11.9 Å². The third kappa shape index (κ3) is 3.11. The number of aromatic nitrogens is 2. The highest BCUT2D eigenvalue weighted by Crippen LogP contribution is 2.40. The summed E-state index contributed by atoms with van der Waals surface area (Å²) in [5.41, 5.74) is 2.23. The summed E-state index contributed by atoms with van der Waals surface area (Å²) in [6.07, 6.45) is 3.12. The van der Waals surface area contributed by atoms with Crippen LogP contribution in [0.15, 0.2) is 70.1 Å². The van der Waals surface area contributed by atoms with E-state index in [0.29, 0.717) is 21.9 Å². The molecule has 4 aromatic rings. The van der Waals surface area contributed by atoms with E-state index in [0.717, 1.165) is 11.1 Å². The molecule has 1 aliphatic rings. The van der Waals surface area contributed by atoms with E-state index in [2.05, 4.69) is 23.8 Å². The number of halogens is 1. The Labute approximate surface area is 183 Å². The number of carbonyl (C=O) groups excluding carboxylic acids is 1. The van der Waals surface area contributed by atoms with Crippen LogP contribution in [0.1, 0.15) is 53.1 Å². The summed E-state index contributed by atoms with van der Waals surface area (Å²) in [5.74, 6) is 0.118. The van der Waals surface area contributed by atoms with Crippen LogP contribution in [0.25, 0.3) is 11.0 Å². The van der Waals surface area contributed by atoms with Crippen LogP contribution < -0.4 is 10.3 Å². The fourth-order valence-corrected chi connectivity index (χ4v) is 4.12. The van der Waals surface area contributed by atoms with Crippen molar-refractivity contribution in [3.8, 4) is 0 Å². The van der Waals surface area contributed by atoms with Crippen molar-refractivity contribution in [3.63, 3.8) is 0 Å². The fourth-order valence-electron chi connectivity index (χ4n) is 3.95. The van der Waals surface area contributed by atoms with Gasteiger partial charge in [-0.05, 0) is 41.3 Å². The second-order valence-electron chi connectivity index (χ2n) is 7.76. The van der Waals surface area contributed by atoms with E-state index in [4.69, 9.17) is 16.0 Å². The van der Waals surface area contributed by atoms with E-state index >= 15 is 0 Å². The zero-order valence-electron chi connectivity index (χ0n) is 16.9. The predicted octanol–water partition coefficient (Wildman–Crippen LogP) is 5.11. The van der Waals surface area contributed by atoms with Crippen molar-refractivity contribution in [2.45, 2.75) is 25.8 Å². The molecule has 0 spiro atoms. The van der Waals surface area contributed by atoms with Gasteiger partial charge in [-0.25, -0.2) is 9.97 Å². The van der Waals surface area contributed by atoms with E-state index in [1.54, 1.807) is 36.7 Å². The predicted molar refractivity (Wildman–Crippen MR) is 119 cm³/mol. The summed E-state index contributed by atoms with van der Waals surface area (Å²) in [4.78, 5) is 36.9. The minimum atomic E-state index is -0.703. The molecule has 7 heteroatoms. The lowest BCUT2D eigenvalue weighted by Gasteiger charge is -2.23. The number of amides is 1. The average molecular weight is 432 g/mol. The van der Waals surface area contributed by atoms with Gasteiger partial charge < -0.3 is 4.42 Å². The van der Waals surface area contributed by atoms with Crippen LogP contribution >= 0.6 is 11.6 Å². The van der Waals surface area contributed by atoms with E-state index in [-0.39, 0.29) is 22.7 Å². The number of anilines is 1. The fraction of sp³-hybridized carbons (Fsp3) is 0.167. The van der Waals surface area contributed by atoms with Crippen molar-refractivity contribution < 1.29 is 9.21 Å². The zero-order chi connectivity index (χ0) is 21.7. The largest absolute Gasteiger partial charge is 0.450 e. The maximum absolute atomic E-state index is 13.5. The summed E-state index contributed by atoms with van der Waals surface area (Å²) >= 11 is 6.12. The minimum absolute atomic E-state index is 0.00483. The highest BCUT2D eigenvalue weighted by atomic mass is 35.5. The summed E-state index contributed by atoms with van der Waals surface area (Å²) in [6.45, 7) is 4.22. The first-order chi connectivity index (χ1) is 15.0. The molecule has 0 aliphatic carbocycles. The Morgan fingerprint density at radius 3 is 2.42 bits per heavy atom. The maximum Gasteiger partial charge on any atom is 0.297 e. The molecule has 2 aromatic carbocycles. The Kier molecular flexibility index (Phi) is 4.59. The van der Waals surface area contributed by atoms with Gasteiger partial charge >= 0.3 is 0 Å². The van der Waals surface area contributed by atoms with Gasteiger partial charge in [-0.2, -0.15) is 0 Å². The Hall–Kier alpha value is -3.51. The summed E-state index contributed by atoms with van der Waals surface area (Å²) in [7, 11) is 0. The molecule has 0 fully saturated rings. The van der Waals surface area contributed by atoms with Gasteiger partial charge in [0.05, 0.1) is 17.0 Å². The van der Waals surface area contributed by atoms with Gasteiger partial charge in [0.25, 0.3) is 5.91 Å². The molecule has 31 heavy (non-hydrogen) atoms. The lowest BCUT2D eigenvalue weighted by Crippen LogP contribution is -2.31. The van der Waals surface area contributed by atoms with Crippen LogP contribution in [0, 0.1) is 0 Å². The normalized spacial score (nSPS) is 15.7. The lowest BCUT2D eigenvalue weighted by atomic mass is 9.95. The van der Waals surface area contributed by atoms with Gasteiger partial charge in [-0.1, -0.05) is 49.7 Å². The van der Waals surface area contributed by atoms with Gasteiger partial charge in [-0.15, -0.1) is 0 Å². The number of rotatable bonds is 3. The Morgan fingerprint density at radius 2 is 1.74 bits per heavy atom. The van der Waals surface area contributed by atoms with Crippen LogP contribution in [0.3, 0.4) is 0 Å². The smallest absolute Gasteiger partial charge is 0.297 e. The minimum Gasteiger partial charge on any atom is -0.450 e. The molecule has 1 atom stereocenters. The molecule has 0 bridgehead atoms. The van der Waals surface area contributed by atoms with Crippen molar-refractivity contribution in [1.82, 2.24) is 9.97 Å². The second-order valence-corrected chi connectivity index (χ2v) is 8.20. The zero-order valence-corrected chi connectivity index (χ0v) is 17.6. The first-order valence-electron chi connectivity index (χ1n) is 9.92. The molecular formula is C24H18ClN3O3. The number of hydrogen-bond donors (Lipinski definition) is 0. The number of hydrogen-bond acceptors (Lipinski definition) is 5. The van der Waals surface area contributed by atoms with Gasteiger partial charge in [0.15, 0.2) is 5.43 Å². The average Bonchev–Trinajstić information content (AvgIpc) is 3.07. The third-order valence-corrected chi connectivity index (χ3v) is 5.75. The molecule has 3 heterocycles. The van der Waals surface area contributed by atoms with Gasteiger partial charge in [0, 0.05) is 17.4 Å². The van der Waals surface area contributed by atoms with Crippen molar-refractivity contribution >= 4 is 34.4 Å². The van der Waals surface area contributed by atoms with Crippen LogP contribution in [0.4, 0.5) is 5.95 Å². The third-order valence-electron chi connectivity index (χ3n) is 5.52. The standard InChI is InChI=1S/C24H18ClN3O3/c1-13(2)14-4-6-15(7-5-14)20-19-21(29)17-12-16(25)8-9-18(17)31-22(19)23(30)28(20)24-26-10-3-11-27-24/h3-13,20H,1-2H3. The SMILES string of the molecule is CC(C)c1ccc(C2c3c(oc4ccc(Cl)cc4c3=O)C(=O)N2c2ncccn2)cc1. The summed E-state index contributed by atoms with van der Waals surface area (Å²) in [5, 5.41) is 0.754. The number of fused-ring (bicyclic) bond motifs is 2. The van der Waals surface area contributed by atoms with Gasteiger partial charge in [-0.3, -0.25) is 14.5 Å². The van der Waals surface area contributed by atoms with Crippen LogP contribution in [0.2, 0.25) is 5.02 Å². The van der Waals surface area contributed by atoms with Crippen molar-refractivity contribution in [3.05, 3.63) is 98.6 Å². The van der Waals surface area contributed by atoms with Crippen molar-refractivity contribution in [1.29, 1.82) is 0 Å². The Morgan fingerprint density at radius 1 is 1.03 bits per heavy atom. The maximum atomic E-state index is 13.5. The van der Waals surface area contributed by atoms with E-state index in [1.165, 1.54) is 4.90 Å². The molecule has 0 saturated heterocycles. The molecule has 1 aliphatic heterocycles. The molecule has 1 unspecified atom stereocenters. The highest BCUT2D eigenvalue weighted by molar-refractivity contribution is 6.31. The summed E-state index contributed by atoms with van der Waals surface area (Å²) in [6, 6.07) is 13.6. The molecule has 5 rings (SSSR count). The molecule has 1 amide bonds. The quantitative estimate of drug-likeness (QED) is 0.450. The monoisotopic (exact) mass is 431 g/mol. The van der Waals surface area contributed by atoms with Crippen LogP contribution in [-0.2, 0) is 0 Å². The number of benzene rings is 2. The molecule has 154 valence electrons. The molecule has 0 N–H and O–H groups in total. The van der Waals surface area contributed by atoms with Crippen molar-refractivity contribution in [2.75, 3.05) is 4.90 Å². The molecule has 6 nitrogen and oxygen atoms in total. The molecule has 0 saturated carbocycles. The van der Waals surface area contributed by atoms with E-state index in [1.807, 2.05) is 24.3 Å². The molecule has 2 aromatic heterocycles. The van der Waals surface area contributed by atoms with Crippen LogP contribution in [-0.4, -0.2) is 15.9 Å². The van der Waals surface area contributed by atoms with Crippen LogP contribution in [0.5, 0.6) is 0 Å². The number of nitrogens with zero attached hydrogens (tertiary/aromatic N) is 3. The molecule has 0 radical (unpaired) electrons. The number of carbonyl (C=O) groups is 1. The van der Waals surface area contributed by atoms with E-state index in [9.17, 15) is 9.59 Å². The summed E-state index contributed by atoms with van der Waals surface area (Å²) < 4.78 is 5.91. The Bertz CT molecular complexity index is 1360. The topological polar surface area (TPSA) is 76.3 Å². The Balaban J connectivity index is 1.78. The second kappa shape index (κ2) is 7.32.